The number of rotatable bonds is 6. The fourth-order valence-corrected chi connectivity index (χ4v) is 4.36. The molecular weight excluding hydrogens is 338 g/mol. The topological polar surface area (TPSA) is 48.0 Å². The molecule has 0 aromatic heterocycles. The molecule has 0 amide bonds. The van der Waals surface area contributed by atoms with E-state index in [-0.39, 0.29) is 0 Å². The Morgan fingerprint density at radius 2 is 2.08 bits per heavy atom. The normalized spacial score (nSPS) is 26.2. The number of nitrogens with zero attached hydrogens (tertiary/aromatic N) is 1. The highest BCUT2D eigenvalue weighted by molar-refractivity contribution is 7.99. The average molecular weight is 365 g/mol. The van der Waals surface area contributed by atoms with E-state index < -0.39 is 11.8 Å². The zero-order valence-electron chi connectivity index (χ0n) is 15.0. The van der Waals surface area contributed by atoms with Gasteiger partial charge in [0.25, 0.3) is 5.79 Å². The van der Waals surface area contributed by atoms with E-state index in [4.69, 9.17) is 14.2 Å². The van der Waals surface area contributed by atoms with Gasteiger partial charge in [-0.1, -0.05) is 18.6 Å². The van der Waals surface area contributed by atoms with Crippen LogP contribution in [-0.2, 0) is 19.0 Å². The maximum absolute atomic E-state index is 11.7. The molecule has 6 heteroatoms. The molecule has 0 spiro atoms. The first-order valence-electron chi connectivity index (χ1n) is 8.95. The number of thioether (sulfide) groups is 1. The van der Waals surface area contributed by atoms with Gasteiger partial charge in [0.15, 0.2) is 0 Å². The molecule has 1 fully saturated rings. The molecule has 1 aromatic carbocycles. The highest BCUT2D eigenvalue weighted by Crippen LogP contribution is 2.34. The van der Waals surface area contributed by atoms with E-state index >= 15 is 0 Å². The highest BCUT2D eigenvalue weighted by atomic mass is 32.2. The summed E-state index contributed by atoms with van der Waals surface area (Å²) < 4.78 is 16.0. The summed E-state index contributed by atoms with van der Waals surface area (Å²) in [4.78, 5) is 15.5. The molecule has 1 saturated heterocycles. The summed E-state index contributed by atoms with van der Waals surface area (Å²) in [5.74, 6) is -0.192. The van der Waals surface area contributed by atoms with E-state index in [1.54, 1.807) is 6.92 Å². The van der Waals surface area contributed by atoms with E-state index in [0.717, 1.165) is 38.1 Å². The number of unbranched alkanes of at least 4 members (excludes halogenated alkanes) is 1. The Morgan fingerprint density at radius 3 is 2.84 bits per heavy atom. The molecule has 25 heavy (non-hydrogen) atoms. The number of benzene rings is 1. The third-order valence-electron chi connectivity index (χ3n) is 4.86. The molecular formula is C19H27NO4S. The van der Waals surface area contributed by atoms with E-state index in [9.17, 15) is 4.79 Å². The maximum atomic E-state index is 11.7. The summed E-state index contributed by atoms with van der Waals surface area (Å²) in [6.45, 7) is 4.94. The van der Waals surface area contributed by atoms with Gasteiger partial charge in [0.05, 0.1) is 26.0 Å². The van der Waals surface area contributed by atoms with Gasteiger partial charge in [0, 0.05) is 36.6 Å². The SMILES string of the molecule is COC(=O)C1(C)OCC(CCCCN2CCSc3ccccc32)CO1. The molecule has 0 unspecified atom stereocenters. The third kappa shape index (κ3) is 4.49. The van der Waals surface area contributed by atoms with Crippen LogP contribution in [0, 0.1) is 5.92 Å². The lowest BCUT2D eigenvalue weighted by atomic mass is 10.0. The number of ether oxygens (including phenoxy) is 3. The summed E-state index contributed by atoms with van der Waals surface area (Å²) in [7, 11) is 1.35. The van der Waals surface area contributed by atoms with Crippen LogP contribution in [-0.4, -0.2) is 50.9 Å². The average Bonchev–Trinajstić information content (AvgIpc) is 2.66. The van der Waals surface area contributed by atoms with Gasteiger partial charge in [-0.3, -0.25) is 0 Å². The van der Waals surface area contributed by atoms with Crippen molar-refractivity contribution in [3.8, 4) is 0 Å². The van der Waals surface area contributed by atoms with Crippen molar-refractivity contribution in [1.29, 1.82) is 0 Å². The Hall–Kier alpha value is -1.24. The number of fused-ring (bicyclic) bond motifs is 1. The Balaban J connectivity index is 1.38. The molecule has 1 aromatic rings. The van der Waals surface area contributed by atoms with Crippen LogP contribution in [0.15, 0.2) is 29.2 Å². The highest BCUT2D eigenvalue weighted by Gasteiger charge is 2.41. The van der Waals surface area contributed by atoms with Crippen LogP contribution in [0.4, 0.5) is 5.69 Å². The Labute approximate surface area is 154 Å². The van der Waals surface area contributed by atoms with Gasteiger partial charge in [-0.25, -0.2) is 4.79 Å². The molecule has 0 atom stereocenters. The first-order valence-corrected chi connectivity index (χ1v) is 9.94. The number of methoxy groups -OCH3 is 1. The fraction of sp³-hybridized carbons (Fsp3) is 0.632. The van der Waals surface area contributed by atoms with Crippen molar-refractivity contribution in [3.05, 3.63) is 24.3 Å². The van der Waals surface area contributed by atoms with Crippen LogP contribution >= 0.6 is 11.8 Å². The van der Waals surface area contributed by atoms with Crippen molar-refractivity contribution in [2.75, 3.05) is 44.1 Å². The van der Waals surface area contributed by atoms with E-state index in [1.165, 1.54) is 17.7 Å². The predicted octanol–water partition coefficient (Wildman–Crippen LogP) is 3.32. The van der Waals surface area contributed by atoms with Crippen LogP contribution in [0.1, 0.15) is 26.2 Å². The molecule has 0 radical (unpaired) electrons. The van der Waals surface area contributed by atoms with Crippen molar-refractivity contribution in [2.24, 2.45) is 5.92 Å². The largest absolute Gasteiger partial charge is 0.465 e. The minimum atomic E-state index is -1.24. The van der Waals surface area contributed by atoms with Gasteiger partial charge < -0.3 is 19.1 Å². The van der Waals surface area contributed by atoms with Crippen LogP contribution in [0.2, 0.25) is 0 Å². The Bertz CT molecular complexity index is 587. The zero-order valence-corrected chi connectivity index (χ0v) is 15.8. The lowest BCUT2D eigenvalue weighted by molar-refractivity contribution is -0.272. The summed E-state index contributed by atoms with van der Waals surface area (Å²) >= 11 is 1.95. The minimum absolute atomic E-state index is 0.349. The Kier molecular flexibility index (Phi) is 6.25. The number of para-hydroxylation sites is 1. The number of hydrogen-bond acceptors (Lipinski definition) is 6. The van der Waals surface area contributed by atoms with Crippen molar-refractivity contribution >= 4 is 23.4 Å². The van der Waals surface area contributed by atoms with Crippen molar-refractivity contribution in [3.63, 3.8) is 0 Å². The molecule has 2 aliphatic heterocycles. The van der Waals surface area contributed by atoms with E-state index in [0.29, 0.717) is 19.1 Å². The van der Waals surface area contributed by atoms with Gasteiger partial charge in [-0.2, -0.15) is 0 Å². The van der Waals surface area contributed by atoms with Gasteiger partial charge in [0.1, 0.15) is 0 Å². The van der Waals surface area contributed by atoms with Crippen LogP contribution < -0.4 is 4.90 Å². The lowest BCUT2D eigenvalue weighted by Gasteiger charge is -2.35. The molecule has 0 saturated carbocycles. The summed E-state index contributed by atoms with van der Waals surface area (Å²) in [6.07, 6.45) is 3.35. The summed E-state index contributed by atoms with van der Waals surface area (Å²) in [5, 5.41) is 0. The lowest BCUT2D eigenvalue weighted by Crippen LogP contribution is -2.48. The van der Waals surface area contributed by atoms with Crippen molar-refractivity contribution in [1.82, 2.24) is 0 Å². The van der Waals surface area contributed by atoms with Crippen LogP contribution in [0.3, 0.4) is 0 Å². The second kappa shape index (κ2) is 8.43. The van der Waals surface area contributed by atoms with Crippen molar-refractivity contribution < 1.29 is 19.0 Å². The maximum Gasteiger partial charge on any atom is 0.366 e. The smallest absolute Gasteiger partial charge is 0.366 e. The fourth-order valence-electron chi connectivity index (χ4n) is 3.31. The van der Waals surface area contributed by atoms with E-state index in [2.05, 4.69) is 29.2 Å². The van der Waals surface area contributed by atoms with E-state index in [1.807, 2.05) is 11.8 Å². The zero-order chi connectivity index (χ0) is 17.7. The summed E-state index contributed by atoms with van der Waals surface area (Å²) in [6, 6.07) is 8.66. The standard InChI is InChI=1S/C19H27NO4S/c1-19(18(21)22-2)23-13-15(14-24-19)7-5-6-10-20-11-12-25-17-9-4-3-8-16(17)20/h3-4,8-9,15H,5-7,10-14H2,1-2H3. The van der Waals surface area contributed by atoms with Crippen molar-refractivity contribution in [2.45, 2.75) is 36.9 Å². The molecule has 0 N–H and O–H groups in total. The molecule has 3 rings (SSSR count). The second-order valence-corrected chi connectivity index (χ2v) is 7.86. The minimum Gasteiger partial charge on any atom is -0.465 e. The summed E-state index contributed by atoms with van der Waals surface area (Å²) in [5.41, 5.74) is 1.37. The Morgan fingerprint density at radius 1 is 1.32 bits per heavy atom. The van der Waals surface area contributed by atoms with Crippen LogP contribution in [0.5, 0.6) is 0 Å². The monoisotopic (exact) mass is 365 g/mol. The number of esters is 1. The molecule has 2 heterocycles. The second-order valence-electron chi connectivity index (χ2n) is 6.72. The molecule has 0 aliphatic carbocycles. The van der Waals surface area contributed by atoms with Gasteiger partial charge in [-0.15, -0.1) is 11.8 Å². The molecule has 0 bridgehead atoms. The van der Waals surface area contributed by atoms with Gasteiger partial charge in [0.2, 0.25) is 0 Å². The first kappa shape index (κ1) is 18.5. The molecule has 138 valence electrons. The number of hydrogen-bond donors (Lipinski definition) is 0. The number of carbonyl (C=O) groups is 1. The molecule has 2 aliphatic rings. The third-order valence-corrected chi connectivity index (χ3v) is 5.90. The van der Waals surface area contributed by atoms with Crippen LogP contribution in [0.25, 0.3) is 0 Å². The number of anilines is 1. The van der Waals surface area contributed by atoms with Gasteiger partial charge in [-0.05, 0) is 25.0 Å². The molecule has 5 nitrogen and oxygen atoms in total. The predicted molar refractivity (Wildman–Crippen MR) is 99.0 cm³/mol. The van der Waals surface area contributed by atoms with Gasteiger partial charge >= 0.3 is 5.97 Å². The first-order chi connectivity index (χ1) is 12.1. The number of carbonyl (C=O) groups excluding carboxylic acids is 1. The quantitative estimate of drug-likeness (QED) is 0.569.